The number of halogens is 1. The lowest BCUT2D eigenvalue weighted by atomic mass is 10.2. The first kappa shape index (κ1) is 11.6. The molecule has 0 N–H and O–H groups in total. The number of alkyl halides is 1. The fourth-order valence-corrected chi connectivity index (χ4v) is 2.78. The van der Waals surface area contributed by atoms with Gasteiger partial charge in [-0.15, -0.1) is 0 Å². The highest BCUT2D eigenvalue weighted by Gasteiger charge is 2.25. The van der Waals surface area contributed by atoms with Crippen LogP contribution in [0.5, 0.6) is 0 Å². The van der Waals surface area contributed by atoms with E-state index in [1.165, 1.54) is 6.42 Å². The molecule has 1 aromatic heterocycles. The molecule has 0 aliphatic carbocycles. The Labute approximate surface area is 114 Å². The number of hydrogen-bond donors (Lipinski definition) is 0. The summed E-state index contributed by atoms with van der Waals surface area (Å²) in [6.07, 6.45) is 1.19. The molecule has 3 rings (SSSR count). The smallest absolute Gasteiger partial charge is 0.250 e. The van der Waals surface area contributed by atoms with Crippen molar-refractivity contribution in [2.45, 2.75) is 6.42 Å². The van der Waals surface area contributed by atoms with Crippen molar-refractivity contribution in [3.05, 3.63) is 30.3 Å². The molecule has 0 spiro atoms. The van der Waals surface area contributed by atoms with Crippen molar-refractivity contribution in [1.29, 1.82) is 0 Å². The highest BCUT2D eigenvalue weighted by molar-refractivity contribution is 9.09. The Morgan fingerprint density at radius 1 is 1.28 bits per heavy atom. The maximum absolute atomic E-state index is 4.16. The molecule has 1 unspecified atom stereocenters. The van der Waals surface area contributed by atoms with E-state index in [2.05, 4.69) is 36.4 Å². The van der Waals surface area contributed by atoms with Crippen LogP contribution in [0, 0.1) is 5.92 Å². The molecule has 0 saturated carbocycles. The fraction of sp³-hybridized carbons (Fsp3) is 0.417. The Bertz CT molecular complexity index is 512. The van der Waals surface area contributed by atoms with E-state index in [0.717, 1.165) is 30.1 Å². The molecule has 6 heteroatoms. The van der Waals surface area contributed by atoms with Crippen LogP contribution in [0.3, 0.4) is 0 Å². The number of anilines is 1. The van der Waals surface area contributed by atoms with E-state index < -0.39 is 0 Å². The van der Waals surface area contributed by atoms with Crippen LogP contribution in [0.25, 0.3) is 5.69 Å². The topological polar surface area (TPSA) is 46.8 Å². The lowest BCUT2D eigenvalue weighted by Crippen LogP contribution is -2.23. The maximum atomic E-state index is 4.16. The van der Waals surface area contributed by atoms with Gasteiger partial charge in [0.2, 0.25) is 5.95 Å². The third-order valence-electron chi connectivity index (χ3n) is 3.24. The summed E-state index contributed by atoms with van der Waals surface area (Å²) in [6, 6.07) is 10.00. The second kappa shape index (κ2) is 5.06. The normalized spacial score (nSPS) is 19.4. The lowest BCUT2D eigenvalue weighted by Gasteiger charge is -2.16. The number of hydrogen-bond acceptors (Lipinski definition) is 4. The second-order valence-corrected chi connectivity index (χ2v) is 5.13. The molecule has 2 heterocycles. The van der Waals surface area contributed by atoms with E-state index in [0.29, 0.717) is 5.92 Å². The van der Waals surface area contributed by atoms with Gasteiger partial charge in [-0.1, -0.05) is 39.2 Å². The summed E-state index contributed by atoms with van der Waals surface area (Å²) in [5, 5.41) is 13.1. The van der Waals surface area contributed by atoms with Crippen molar-refractivity contribution in [2.75, 3.05) is 23.3 Å². The Morgan fingerprint density at radius 2 is 2.11 bits per heavy atom. The lowest BCUT2D eigenvalue weighted by molar-refractivity contribution is 0.673. The Morgan fingerprint density at radius 3 is 2.83 bits per heavy atom. The van der Waals surface area contributed by atoms with Crippen molar-refractivity contribution >= 4 is 21.9 Å². The zero-order chi connectivity index (χ0) is 12.4. The van der Waals surface area contributed by atoms with E-state index in [9.17, 15) is 0 Å². The van der Waals surface area contributed by atoms with Gasteiger partial charge in [0.15, 0.2) is 0 Å². The molecule has 5 nitrogen and oxygen atoms in total. The van der Waals surface area contributed by atoms with Crippen LogP contribution in [0.4, 0.5) is 5.95 Å². The van der Waals surface area contributed by atoms with E-state index in [1.807, 2.05) is 30.3 Å². The number of para-hydroxylation sites is 1. The van der Waals surface area contributed by atoms with Gasteiger partial charge in [-0.3, -0.25) is 0 Å². The predicted octanol–water partition coefficient (Wildman–Crippen LogP) is 1.88. The molecule has 1 fully saturated rings. The van der Waals surface area contributed by atoms with Gasteiger partial charge < -0.3 is 4.90 Å². The number of tetrazole rings is 1. The van der Waals surface area contributed by atoms with Crippen LogP contribution >= 0.6 is 15.9 Å². The molecular formula is C12H14BrN5. The van der Waals surface area contributed by atoms with Crippen LogP contribution in [0.1, 0.15) is 6.42 Å². The van der Waals surface area contributed by atoms with Gasteiger partial charge in [-0.05, 0) is 34.9 Å². The Hall–Kier alpha value is -1.43. The quantitative estimate of drug-likeness (QED) is 0.812. The van der Waals surface area contributed by atoms with Crippen LogP contribution in [-0.2, 0) is 0 Å². The highest BCUT2D eigenvalue weighted by Crippen LogP contribution is 2.24. The van der Waals surface area contributed by atoms with E-state index >= 15 is 0 Å². The highest BCUT2D eigenvalue weighted by atomic mass is 79.9. The maximum Gasteiger partial charge on any atom is 0.250 e. The number of benzene rings is 1. The van der Waals surface area contributed by atoms with Gasteiger partial charge in [0.25, 0.3) is 0 Å². The van der Waals surface area contributed by atoms with Crippen LogP contribution in [0.2, 0.25) is 0 Å². The Balaban J connectivity index is 1.89. The SMILES string of the molecule is BrCC1CCN(c2nnnn2-c2ccccc2)C1. The van der Waals surface area contributed by atoms with Crippen molar-refractivity contribution in [2.24, 2.45) is 5.92 Å². The molecule has 1 saturated heterocycles. The third kappa shape index (κ3) is 2.12. The van der Waals surface area contributed by atoms with Gasteiger partial charge in [-0.25, -0.2) is 0 Å². The van der Waals surface area contributed by atoms with Crippen molar-refractivity contribution in [1.82, 2.24) is 20.2 Å². The van der Waals surface area contributed by atoms with Crippen molar-refractivity contribution in [3.63, 3.8) is 0 Å². The first-order valence-electron chi connectivity index (χ1n) is 6.03. The van der Waals surface area contributed by atoms with Crippen molar-refractivity contribution < 1.29 is 0 Å². The van der Waals surface area contributed by atoms with Crippen molar-refractivity contribution in [3.8, 4) is 5.69 Å². The van der Waals surface area contributed by atoms with Crippen LogP contribution in [0.15, 0.2) is 30.3 Å². The summed E-state index contributed by atoms with van der Waals surface area (Å²) in [5.74, 6) is 1.52. The first-order chi connectivity index (χ1) is 8.88. The minimum atomic E-state index is 0.686. The van der Waals surface area contributed by atoms with E-state index in [4.69, 9.17) is 0 Å². The predicted molar refractivity (Wildman–Crippen MR) is 73.3 cm³/mol. The molecular weight excluding hydrogens is 294 g/mol. The molecule has 0 amide bonds. The van der Waals surface area contributed by atoms with E-state index in [1.54, 1.807) is 4.68 Å². The van der Waals surface area contributed by atoms with Crippen LogP contribution in [-0.4, -0.2) is 38.6 Å². The monoisotopic (exact) mass is 307 g/mol. The zero-order valence-corrected chi connectivity index (χ0v) is 11.5. The Kier molecular flexibility index (Phi) is 3.27. The summed E-state index contributed by atoms with van der Waals surface area (Å²) >= 11 is 3.55. The summed E-state index contributed by atoms with van der Waals surface area (Å²) < 4.78 is 1.80. The van der Waals surface area contributed by atoms with Gasteiger partial charge >= 0.3 is 0 Å². The molecule has 1 aliphatic rings. The molecule has 0 bridgehead atoms. The minimum absolute atomic E-state index is 0.686. The molecule has 94 valence electrons. The summed E-state index contributed by atoms with van der Waals surface area (Å²) in [6.45, 7) is 2.03. The zero-order valence-electron chi connectivity index (χ0n) is 9.91. The van der Waals surface area contributed by atoms with Crippen LogP contribution < -0.4 is 4.90 Å². The number of aromatic nitrogens is 4. The molecule has 1 atom stereocenters. The molecule has 2 aromatic rings. The van der Waals surface area contributed by atoms with Gasteiger partial charge in [0.1, 0.15) is 0 Å². The summed E-state index contributed by atoms with van der Waals surface area (Å²) in [5.41, 5.74) is 1.000. The second-order valence-electron chi connectivity index (χ2n) is 4.48. The molecule has 1 aromatic carbocycles. The van der Waals surface area contributed by atoms with Gasteiger partial charge in [-0.2, -0.15) is 4.68 Å². The van der Waals surface area contributed by atoms with Gasteiger partial charge in [0, 0.05) is 18.4 Å². The molecule has 18 heavy (non-hydrogen) atoms. The fourth-order valence-electron chi connectivity index (χ4n) is 2.26. The summed E-state index contributed by atoms with van der Waals surface area (Å²) in [4.78, 5) is 2.25. The standard InChI is InChI=1S/C12H14BrN5/c13-8-10-6-7-17(9-10)12-14-15-16-18(12)11-4-2-1-3-5-11/h1-5,10H,6-9H2. The molecule has 0 radical (unpaired) electrons. The number of rotatable bonds is 3. The van der Waals surface area contributed by atoms with Gasteiger partial charge in [0.05, 0.1) is 5.69 Å². The summed E-state index contributed by atoms with van der Waals surface area (Å²) in [7, 11) is 0. The third-order valence-corrected chi connectivity index (χ3v) is 4.16. The largest absolute Gasteiger partial charge is 0.339 e. The molecule has 1 aliphatic heterocycles. The first-order valence-corrected chi connectivity index (χ1v) is 7.15. The average molecular weight is 308 g/mol. The minimum Gasteiger partial charge on any atom is -0.339 e. The van der Waals surface area contributed by atoms with E-state index in [-0.39, 0.29) is 0 Å². The average Bonchev–Trinajstić information content (AvgIpc) is 3.08. The number of nitrogens with zero attached hydrogens (tertiary/aromatic N) is 5.